The molecule has 0 saturated carbocycles. The van der Waals surface area contributed by atoms with E-state index in [2.05, 4.69) is 48.7 Å². The van der Waals surface area contributed by atoms with Gasteiger partial charge < -0.3 is 14.8 Å². The summed E-state index contributed by atoms with van der Waals surface area (Å²) in [5.41, 5.74) is 5.16. The third kappa shape index (κ3) is 8.12. The molecule has 0 atom stereocenters. The summed E-state index contributed by atoms with van der Waals surface area (Å²) < 4.78 is 11.7. The zero-order valence-electron chi connectivity index (χ0n) is 19.7. The Labute approximate surface area is 205 Å². The Bertz CT molecular complexity index is 1090. The Balaban J connectivity index is 1.46. The van der Waals surface area contributed by atoms with Crippen molar-refractivity contribution in [3.8, 4) is 11.5 Å². The molecular weight excluding hydrogens is 450 g/mol. The van der Waals surface area contributed by atoms with Crippen molar-refractivity contribution in [2.45, 2.75) is 32.6 Å². The lowest BCUT2D eigenvalue weighted by Crippen LogP contribution is -2.24. The molecule has 34 heavy (non-hydrogen) atoms. The molecule has 0 bridgehead atoms. The van der Waals surface area contributed by atoms with E-state index in [1.165, 1.54) is 11.8 Å². The molecule has 0 fully saturated rings. The van der Waals surface area contributed by atoms with Crippen molar-refractivity contribution in [2.24, 2.45) is 5.10 Å². The van der Waals surface area contributed by atoms with E-state index in [4.69, 9.17) is 21.1 Å². The fourth-order valence-electron chi connectivity index (χ4n) is 3.07. The molecule has 6 nitrogen and oxygen atoms in total. The summed E-state index contributed by atoms with van der Waals surface area (Å²) in [6.07, 6.45) is 2.21. The topological polar surface area (TPSA) is 72.0 Å². The zero-order chi connectivity index (χ0) is 24.4. The first-order valence-electron chi connectivity index (χ1n) is 11.1. The third-order valence-corrected chi connectivity index (χ3v) is 5.14. The van der Waals surface area contributed by atoms with Gasteiger partial charge in [0.2, 0.25) is 0 Å². The first-order chi connectivity index (χ1) is 16.3. The molecule has 0 aliphatic rings. The van der Waals surface area contributed by atoms with Gasteiger partial charge in [-0.1, -0.05) is 62.7 Å². The maximum absolute atomic E-state index is 12.0. The average molecular weight is 480 g/mol. The highest BCUT2D eigenvalue weighted by Crippen LogP contribution is 2.24. The molecule has 0 unspecified atom stereocenters. The van der Waals surface area contributed by atoms with Crippen LogP contribution in [-0.2, 0) is 5.41 Å². The maximum atomic E-state index is 12.0. The van der Waals surface area contributed by atoms with Gasteiger partial charge >= 0.3 is 6.03 Å². The number of carbonyl (C=O) groups excluding carboxylic acids is 1. The van der Waals surface area contributed by atoms with E-state index in [0.29, 0.717) is 41.7 Å². The van der Waals surface area contributed by atoms with Gasteiger partial charge in [-0.3, -0.25) is 0 Å². The number of hydrogen-bond acceptors (Lipinski definition) is 4. The molecule has 178 valence electrons. The predicted molar refractivity (Wildman–Crippen MR) is 138 cm³/mol. The van der Waals surface area contributed by atoms with Crippen molar-refractivity contribution in [3.05, 3.63) is 88.9 Å². The first kappa shape index (κ1) is 25.1. The number of benzene rings is 3. The van der Waals surface area contributed by atoms with Gasteiger partial charge in [-0.15, -0.1) is 0 Å². The molecule has 0 radical (unpaired) electrons. The predicted octanol–water partition coefficient (Wildman–Crippen LogP) is 6.64. The number of nitrogens with one attached hydrogen (secondary N) is 2. The summed E-state index contributed by atoms with van der Waals surface area (Å²) in [7, 11) is 0. The minimum Gasteiger partial charge on any atom is -0.493 e. The molecule has 3 aromatic carbocycles. The number of amides is 2. The number of nitrogens with zero attached hydrogens (tertiary/aromatic N) is 1. The second kappa shape index (κ2) is 12.1. The smallest absolute Gasteiger partial charge is 0.339 e. The van der Waals surface area contributed by atoms with Crippen LogP contribution in [0.25, 0.3) is 0 Å². The molecule has 3 aromatic rings. The van der Waals surface area contributed by atoms with Gasteiger partial charge in [-0.25, -0.2) is 10.2 Å². The lowest BCUT2D eigenvalue weighted by Gasteiger charge is -2.19. The number of carbonyl (C=O) groups is 1. The second-order valence-corrected chi connectivity index (χ2v) is 9.13. The van der Waals surface area contributed by atoms with Gasteiger partial charge in [0.25, 0.3) is 0 Å². The number of anilines is 1. The van der Waals surface area contributed by atoms with E-state index in [0.717, 1.165) is 5.75 Å². The summed E-state index contributed by atoms with van der Waals surface area (Å²) >= 11 is 6.12. The lowest BCUT2D eigenvalue weighted by molar-refractivity contribution is 0.247. The molecule has 3 rings (SSSR count). The van der Waals surface area contributed by atoms with Gasteiger partial charge in [-0.05, 0) is 53.4 Å². The van der Waals surface area contributed by atoms with Crippen molar-refractivity contribution in [1.29, 1.82) is 0 Å². The number of halogens is 1. The normalized spacial score (nSPS) is 11.3. The maximum Gasteiger partial charge on any atom is 0.339 e. The Hall–Kier alpha value is -3.51. The highest BCUT2D eigenvalue weighted by atomic mass is 35.5. The van der Waals surface area contributed by atoms with Gasteiger partial charge in [-0.2, -0.15) is 5.10 Å². The summed E-state index contributed by atoms with van der Waals surface area (Å²) in [5, 5.41) is 7.23. The number of para-hydroxylation sites is 1. The zero-order valence-corrected chi connectivity index (χ0v) is 20.4. The average Bonchev–Trinajstić information content (AvgIpc) is 2.80. The Morgan fingerprint density at radius 1 is 0.971 bits per heavy atom. The fraction of sp³-hybridized carbons (Fsp3) is 0.259. The third-order valence-electron chi connectivity index (χ3n) is 4.91. The SMILES string of the molecule is CC(C)(C)c1ccc(OCCCOc2ccc(Cl)cc2C=NNC(=O)Nc2ccccc2)cc1. The minimum absolute atomic E-state index is 0.118. The van der Waals surface area contributed by atoms with Crippen LogP contribution in [0.1, 0.15) is 38.3 Å². The Morgan fingerprint density at radius 3 is 2.38 bits per heavy atom. The summed E-state index contributed by atoms with van der Waals surface area (Å²) in [4.78, 5) is 12.0. The van der Waals surface area contributed by atoms with Crippen LogP contribution in [0.15, 0.2) is 77.9 Å². The molecule has 0 saturated heterocycles. The van der Waals surface area contributed by atoms with Crippen LogP contribution in [0.4, 0.5) is 10.5 Å². The molecule has 0 heterocycles. The van der Waals surface area contributed by atoms with Crippen molar-refractivity contribution >= 4 is 29.5 Å². The van der Waals surface area contributed by atoms with E-state index in [1.807, 2.05) is 30.3 Å². The van der Waals surface area contributed by atoms with Crippen LogP contribution < -0.4 is 20.2 Å². The van der Waals surface area contributed by atoms with E-state index in [-0.39, 0.29) is 5.41 Å². The van der Waals surface area contributed by atoms with Crippen LogP contribution in [0.5, 0.6) is 11.5 Å². The Kier molecular flexibility index (Phi) is 8.93. The Morgan fingerprint density at radius 2 is 1.68 bits per heavy atom. The van der Waals surface area contributed by atoms with Crippen molar-refractivity contribution in [3.63, 3.8) is 0 Å². The van der Waals surface area contributed by atoms with E-state index >= 15 is 0 Å². The number of urea groups is 1. The largest absolute Gasteiger partial charge is 0.493 e. The number of hydrogen-bond donors (Lipinski definition) is 2. The second-order valence-electron chi connectivity index (χ2n) is 8.70. The number of hydrazone groups is 1. The van der Waals surface area contributed by atoms with Gasteiger partial charge in [0.15, 0.2) is 0 Å². The summed E-state index contributed by atoms with van der Waals surface area (Å²) in [5.74, 6) is 1.46. The van der Waals surface area contributed by atoms with Crippen molar-refractivity contribution in [1.82, 2.24) is 5.43 Å². The molecule has 0 aliphatic carbocycles. The number of rotatable bonds is 9. The molecule has 0 spiro atoms. The van der Waals surface area contributed by atoms with Crippen LogP contribution in [-0.4, -0.2) is 25.5 Å². The fourth-order valence-corrected chi connectivity index (χ4v) is 3.26. The van der Waals surface area contributed by atoms with Crippen LogP contribution in [0, 0.1) is 0 Å². The molecule has 0 aliphatic heterocycles. The molecule has 2 amide bonds. The summed E-state index contributed by atoms with van der Waals surface area (Å²) in [6, 6.07) is 22.1. The highest BCUT2D eigenvalue weighted by Gasteiger charge is 2.13. The van der Waals surface area contributed by atoms with Gasteiger partial charge in [0.05, 0.1) is 19.4 Å². The van der Waals surface area contributed by atoms with E-state index in [9.17, 15) is 4.79 Å². The lowest BCUT2D eigenvalue weighted by atomic mass is 9.87. The highest BCUT2D eigenvalue weighted by molar-refractivity contribution is 6.30. The first-order valence-corrected chi connectivity index (χ1v) is 11.5. The van der Waals surface area contributed by atoms with Crippen LogP contribution in [0.3, 0.4) is 0 Å². The molecular formula is C27H30ClN3O3. The standard InChI is InChI=1S/C27H30ClN3O3/c1-27(2,3)21-10-13-24(14-11-21)33-16-7-17-34-25-15-12-22(28)18-20(25)19-29-31-26(32)30-23-8-5-4-6-9-23/h4-6,8-15,18-19H,7,16-17H2,1-3H3,(H2,30,31,32). The van der Waals surface area contributed by atoms with E-state index in [1.54, 1.807) is 30.3 Å². The van der Waals surface area contributed by atoms with Crippen molar-refractivity contribution in [2.75, 3.05) is 18.5 Å². The monoisotopic (exact) mass is 479 g/mol. The van der Waals surface area contributed by atoms with Crippen LogP contribution in [0.2, 0.25) is 5.02 Å². The summed E-state index contributed by atoms with van der Waals surface area (Å²) in [6.45, 7) is 7.56. The van der Waals surface area contributed by atoms with Gasteiger partial charge in [0, 0.05) is 22.7 Å². The number of ether oxygens (including phenoxy) is 2. The van der Waals surface area contributed by atoms with Crippen LogP contribution >= 0.6 is 11.6 Å². The molecule has 7 heteroatoms. The minimum atomic E-state index is -0.445. The van der Waals surface area contributed by atoms with Crippen molar-refractivity contribution < 1.29 is 14.3 Å². The van der Waals surface area contributed by atoms with E-state index < -0.39 is 6.03 Å². The molecule has 2 N–H and O–H groups in total. The molecule has 0 aromatic heterocycles. The quantitative estimate of drug-likeness (QED) is 0.205. The van der Waals surface area contributed by atoms with Gasteiger partial charge in [0.1, 0.15) is 11.5 Å².